The second-order valence-corrected chi connectivity index (χ2v) is 6.20. The van der Waals surface area contributed by atoms with Crippen LogP contribution < -0.4 is 15.4 Å². The van der Waals surface area contributed by atoms with Crippen LogP contribution in [0.15, 0.2) is 54.6 Å². The van der Waals surface area contributed by atoms with Crippen molar-refractivity contribution in [3.63, 3.8) is 0 Å². The van der Waals surface area contributed by atoms with E-state index in [9.17, 15) is 0 Å². The molecule has 0 aromatic heterocycles. The molecule has 2 N–H and O–H groups in total. The zero-order chi connectivity index (χ0) is 16.6. The summed E-state index contributed by atoms with van der Waals surface area (Å²) < 4.78 is 5.87. The summed E-state index contributed by atoms with van der Waals surface area (Å²) in [7, 11) is 0. The van der Waals surface area contributed by atoms with Crippen LogP contribution in [-0.2, 0) is 6.42 Å². The van der Waals surface area contributed by atoms with Gasteiger partial charge in [0.15, 0.2) is 0 Å². The van der Waals surface area contributed by atoms with Crippen molar-refractivity contribution >= 4 is 5.69 Å². The fraction of sp³-hybridized carbons (Fsp3) is 0.400. The number of benzene rings is 2. The number of hydrogen-bond acceptors (Lipinski definition) is 4. The molecular weight excluding hydrogens is 298 g/mol. The van der Waals surface area contributed by atoms with Gasteiger partial charge in [-0.15, -0.1) is 0 Å². The quantitative estimate of drug-likeness (QED) is 0.849. The first kappa shape index (κ1) is 16.8. The lowest BCUT2D eigenvalue weighted by atomic mass is 10.1. The molecule has 0 saturated carbocycles. The molecule has 1 fully saturated rings. The zero-order valence-electron chi connectivity index (χ0n) is 14.2. The predicted molar refractivity (Wildman–Crippen MR) is 99.8 cm³/mol. The standard InChI is InChI=1S/C20H27N3O/c21-11-10-18-6-8-20(9-7-18)24-17-16-22-12-14-23(15-13-22)19-4-2-1-3-5-19/h1-9H,10-17,21H2. The summed E-state index contributed by atoms with van der Waals surface area (Å²) >= 11 is 0. The van der Waals surface area contributed by atoms with Crippen molar-refractivity contribution in [3.05, 3.63) is 60.2 Å². The van der Waals surface area contributed by atoms with E-state index in [-0.39, 0.29) is 0 Å². The van der Waals surface area contributed by atoms with Crippen molar-refractivity contribution in [2.45, 2.75) is 6.42 Å². The minimum atomic E-state index is 0.690. The first-order chi connectivity index (χ1) is 11.8. The summed E-state index contributed by atoms with van der Waals surface area (Å²) in [5.41, 5.74) is 8.16. The lowest BCUT2D eigenvalue weighted by molar-refractivity contribution is 0.200. The summed E-state index contributed by atoms with van der Waals surface area (Å²) in [5, 5.41) is 0. The Bertz CT molecular complexity index is 592. The second-order valence-electron chi connectivity index (χ2n) is 6.20. The van der Waals surface area contributed by atoms with E-state index in [0.29, 0.717) is 6.54 Å². The van der Waals surface area contributed by atoms with Crippen LogP contribution >= 0.6 is 0 Å². The van der Waals surface area contributed by atoms with E-state index >= 15 is 0 Å². The third-order valence-electron chi connectivity index (χ3n) is 4.53. The highest BCUT2D eigenvalue weighted by molar-refractivity contribution is 5.46. The maximum absolute atomic E-state index is 5.87. The molecule has 128 valence electrons. The molecule has 0 bridgehead atoms. The molecule has 1 aliphatic heterocycles. The Morgan fingerprint density at radius 1 is 0.875 bits per heavy atom. The fourth-order valence-electron chi connectivity index (χ4n) is 3.08. The molecule has 0 unspecified atom stereocenters. The Morgan fingerprint density at radius 2 is 1.58 bits per heavy atom. The molecule has 0 amide bonds. The molecule has 4 heteroatoms. The first-order valence-corrected chi connectivity index (χ1v) is 8.79. The van der Waals surface area contributed by atoms with E-state index in [0.717, 1.165) is 51.5 Å². The first-order valence-electron chi connectivity index (χ1n) is 8.79. The average Bonchev–Trinajstić information content (AvgIpc) is 2.65. The largest absolute Gasteiger partial charge is 0.492 e. The number of anilines is 1. The molecule has 1 saturated heterocycles. The highest BCUT2D eigenvalue weighted by Crippen LogP contribution is 2.16. The van der Waals surface area contributed by atoms with Crippen LogP contribution in [0.5, 0.6) is 5.75 Å². The van der Waals surface area contributed by atoms with Gasteiger partial charge < -0.3 is 15.4 Å². The van der Waals surface area contributed by atoms with Crippen LogP contribution in [0, 0.1) is 0 Å². The smallest absolute Gasteiger partial charge is 0.119 e. The van der Waals surface area contributed by atoms with Crippen LogP contribution in [-0.4, -0.2) is 50.8 Å². The van der Waals surface area contributed by atoms with Gasteiger partial charge in [-0.25, -0.2) is 0 Å². The summed E-state index contributed by atoms with van der Waals surface area (Å²) in [6.07, 6.45) is 0.923. The third kappa shape index (κ3) is 4.73. The summed E-state index contributed by atoms with van der Waals surface area (Å²) in [6, 6.07) is 18.9. The molecule has 24 heavy (non-hydrogen) atoms. The van der Waals surface area contributed by atoms with Gasteiger partial charge in [-0.05, 0) is 42.8 Å². The van der Waals surface area contributed by atoms with Gasteiger partial charge in [0.2, 0.25) is 0 Å². The SMILES string of the molecule is NCCc1ccc(OCCN2CCN(c3ccccc3)CC2)cc1. The molecule has 0 atom stereocenters. The van der Waals surface area contributed by atoms with Crippen LogP contribution in [0.4, 0.5) is 5.69 Å². The molecule has 2 aromatic carbocycles. The Labute approximate surface area is 144 Å². The van der Waals surface area contributed by atoms with Crippen molar-refractivity contribution in [2.24, 2.45) is 5.73 Å². The number of ether oxygens (including phenoxy) is 1. The van der Waals surface area contributed by atoms with Crippen LogP contribution in [0.25, 0.3) is 0 Å². The fourth-order valence-corrected chi connectivity index (χ4v) is 3.08. The Kier molecular flexibility index (Phi) is 6.10. The van der Waals surface area contributed by atoms with E-state index in [1.807, 2.05) is 12.1 Å². The highest BCUT2D eigenvalue weighted by atomic mass is 16.5. The van der Waals surface area contributed by atoms with E-state index in [2.05, 4.69) is 52.3 Å². The topological polar surface area (TPSA) is 41.7 Å². The van der Waals surface area contributed by atoms with Crippen molar-refractivity contribution in [1.82, 2.24) is 4.90 Å². The van der Waals surface area contributed by atoms with Crippen molar-refractivity contribution in [3.8, 4) is 5.75 Å². The van der Waals surface area contributed by atoms with Gasteiger partial charge in [0.05, 0.1) is 0 Å². The molecular formula is C20H27N3O. The van der Waals surface area contributed by atoms with Crippen LogP contribution in [0.3, 0.4) is 0 Å². The van der Waals surface area contributed by atoms with Crippen molar-refractivity contribution in [2.75, 3.05) is 50.8 Å². The molecule has 3 rings (SSSR count). The number of nitrogens with zero attached hydrogens (tertiary/aromatic N) is 2. The van der Waals surface area contributed by atoms with Gasteiger partial charge in [0.25, 0.3) is 0 Å². The van der Waals surface area contributed by atoms with E-state index in [1.165, 1.54) is 11.3 Å². The van der Waals surface area contributed by atoms with Gasteiger partial charge in [-0.1, -0.05) is 30.3 Å². The average molecular weight is 325 g/mol. The normalized spacial score (nSPS) is 15.5. The number of nitrogens with two attached hydrogens (primary N) is 1. The molecule has 4 nitrogen and oxygen atoms in total. The van der Waals surface area contributed by atoms with Gasteiger partial charge in [0.1, 0.15) is 12.4 Å². The summed E-state index contributed by atoms with van der Waals surface area (Å²) in [4.78, 5) is 4.93. The van der Waals surface area contributed by atoms with Gasteiger partial charge in [-0.2, -0.15) is 0 Å². The summed E-state index contributed by atoms with van der Waals surface area (Å²) in [5.74, 6) is 0.943. The third-order valence-corrected chi connectivity index (χ3v) is 4.53. The maximum Gasteiger partial charge on any atom is 0.119 e. The number of piperazine rings is 1. The van der Waals surface area contributed by atoms with Crippen molar-refractivity contribution in [1.29, 1.82) is 0 Å². The van der Waals surface area contributed by atoms with E-state index in [1.54, 1.807) is 0 Å². The summed E-state index contributed by atoms with van der Waals surface area (Å²) in [6.45, 7) is 6.75. The van der Waals surface area contributed by atoms with Crippen molar-refractivity contribution < 1.29 is 4.74 Å². The molecule has 0 aliphatic carbocycles. The van der Waals surface area contributed by atoms with Crippen LogP contribution in [0.2, 0.25) is 0 Å². The zero-order valence-corrected chi connectivity index (χ0v) is 14.2. The molecule has 1 aliphatic rings. The minimum Gasteiger partial charge on any atom is -0.492 e. The van der Waals surface area contributed by atoms with E-state index < -0.39 is 0 Å². The van der Waals surface area contributed by atoms with Crippen LogP contribution in [0.1, 0.15) is 5.56 Å². The van der Waals surface area contributed by atoms with Gasteiger partial charge in [0, 0.05) is 38.4 Å². The van der Waals surface area contributed by atoms with Gasteiger partial charge >= 0.3 is 0 Å². The second kappa shape index (κ2) is 8.71. The molecule has 0 spiro atoms. The lowest BCUT2D eigenvalue weighted by Gasteiger charge is -2.36. The van der Waals surface area contributed by atoms with E-state index in [4.69, 9.17) is 10.5 Å². The molecule has 1 heterocycles. The number of hydrogen-bond donors (Lipinski definition) is 1. The Morgan fingerprint density at radius 3 is 2.25 bits per heavy atom. The number of rotatable bonds is 7. The maximum atomic E-state index is 5.87. The van der Waals surface area contributed by atoms with Gasteiger partial charge in [-0.3, -0.25) is 4.90 Å². The Hall–Kier alpha value is -2.04. The molecule has 2 aromatic rings. The minimum absolute atomic E-state index is 0.690. The predicted octanol–water partition coefficient (Wildman–Crippen LogP) is 2.39. The Balaban J connectivity index is 1.37. The highest BCUT2D eigenvalue weighted by Gasteiger charge is 2.16. The number of para-hydroxylation sites is 1. The molecule has 0 radical (unpaired) electrons. The monoisotopic (exact) mass is 325 g/mol. The lowest BCUT2D eigenvalue weighted by Crippen LogP contribution is -2.47.